The van der Waals surface area contributed by atoms with Crippen LogP contribution in [0, 0.1) is 6.92 Å². The van der Waals surface area contributed by atoms with E-state index in [2.05, 4.69) is 15.1 Å². The van der Waals surface area contributed by atoms with Gasteiger partial charge in [0.2, 0.25) is 10.0 Å². The van der Waals surface area contributed by atoms with Gasteiger partial charge in [0, 0.05) is 18.3 Å². The number of aromatic nitrogens is 2. The van der Waals surface area contributed by atoms with E-state index in [4.69, 9.17) is 0 Å². The maximum absolute atomic E-state index is 12.9. The molecule has 0 unspecified atom stereocenters. The summed E-state index contributed by atoms with van der Waals surface area (Å²) >= 11 is 0. The van der Waals surface area contributed by atoms with Gasteiger partial charge in [0.25, 0.3) is 5.91 Å². The molecule has 2 N–H and O–H groups in total. The maximum Gasteiger partial charge on any atom is 0.255 e. The van der Waals surface area contributed by atoms with Crippen molar-refractivity contribution in [1.29, 1.82) is 0 Å². The van der Waals surface area contributed by atoms with E-state index < -0.39 is 15.9 Å². The highest BCUT2D eigenvalue weighted by atomic mass is 32.2. The standard InChI is InChI=1S/C25H24N4O3S/c1-19-12-13-22(14-24(19)33(31,32)27-15-20-8-4-2-5-9-20)25(30)28-23-16-26-29(18-23)17-21-10-6-3-7-11-21/h2-14,16,18,27H,15,17H2,1H3,(H,28,30). The average molecular weight is 461 g/mol. The van der Waals surface area contributed by atoms with Gasteiger partial charge in [0.15, 0.2) is 0 Å². The van der Waals surface area contributed by atoms with Crippen LogP contribution in [0.3, 0.4) is 0 Å². The highest BCUT2D eigenvalue weighted by Gasteiger charge is 2.19. The fourth-order valence-electron chi connectivity index (χ4n) is 3.37. The number of nitrogens with zero attached hydrogens (tertiary/aromatic N) is 2. The summed E-state index contributed by atoms with van der Waals surface area (Å²) in [6, 6.07) is 23.8. The third-order valence-electron chi connectivity index (χ3n) is 5.13. The fourth-order valence-corrected chi connectivity index (χ4v) is 4.66. The topological polar surface area (TPSA) is 93.1 Å². The highest BCUT2D eigenvalue weighted by Crippen LogP contribution is 2.19. The Morgan fingerprint density at radius 3 is 2.30 bits per heavy atom. The van der Waals surface area contributed by atoms with E-state index in [1.165, 1.54) is 6.07 Å². The predicted octanol–water partition coefficient (Wildman–Crippen LogP) is 3.97. The summed E-state index contributed by atoms with van der Waals surface area (Å²) in [5, 5.41) is 7.06. The Hall–Kier alpha value is -3.75. The first-order chi connectivity index (χ1) is 15.9. The molecule has 0 radical (unpaired) electrons. The zero-order chi connectivity index (χ0) is 23.3. The van der Waals surface area contributed by atoms with Gasteiger partial charge in [-0.1, -0.05) is 66.7 Å². The molecule has 1 heterocycles. The largest absolute Gasteiger partial charge is 0.319 e. The summed E-state index contributed by atoms with van der Waals surface area (Å²) in [6.07, 6.45) is 3.30. The second-order valence-electron chi connectivity index (χ2n) is 7.66. The SMILES string of the molecule is Cc1ccc(C(=O)Nc2cnn(Cc3ccccc3)c2)cc1S(=O)(=O)NCc1ccccc1. The van der Waals surface area contributed by atoms with E-state index in [9.17, 15) is 13.2 Å². The normalized spacial score (nSPS) is 11.3. The van der Waals surface area contributed by atoms with Crippen molar-refractivity contribution in [2.45, 2.75) is 24.9 Å². The molecule has 0 saturated carbocycles. The van der Waals surface area contributed by atoms with Crippen LogP contribution in [0.25, 0.3) is 0 Å². The molecule has 8 heteroatoms. The van der Waals surface area contributed by atoms with Gasteiger partial charge in [-0.2, -0.15) is 5.10 Å². The molecular weight excluding hydrogens is 436 g/mol. The minimum Gasteiger partial charge on any atom is -0.319 e. The number of hydrogen-bond donors (Lipinski definition) is 2. The number of benzene rings is 3. The Bertz CT molecular complexity index is 1350. The van der Waals surface area contributed by atoms with Crippen molar-refractivity contribution in [3.63, 3.8) is 0 Å². The first-order valence-corrected chi connectivity index (χ1v) is 11.9. The third kappa shape index (κ3) is 5.74. The number of hydrogen-bond acceptors (Lipinski definition) is 4. The summed E-state index contributed by atoms with van der Waals surface area (Å²) in [5.41, 5.74) is 3.28. The van der Waals surface area contributed by atoms with Crippen molar-refractivity contribution >= 4 is 21.6 Å². The Balaban J connectivity index is 1.46. The van der Waals surface area contributed by atoms with Crippen LogP contribution >= 0.6 is 0 Å². The van der Waals surface area contributed by atoms with Gasteiger partial charge in [-0.3, -0.25) is 9.48 Å². The number of carbonyl (C=O) groups is 1. The van der Waals surface area contributed by atoms with Gasteiger partial charge in [0.05, 0.1) is 23.3 Å². The summed E-state index contributed by atoms with van der Waals surface area (Å²) in [5.74, 6) is -0.409. The Morgan fingerprint density at radius 1 is 0.939 bits per heavy atom. The number of amides is 1. The van der Waals surface area contributed by atoms with Crippen LogP contribution < -0.4 is 10.0 Å². The van der Waals surface area contributed by atoms with Crippen molar-refractivity contribution in [2.75, 3.05) is 5.32 Å². The number of carbonyl (C=O) groups excluding carboxylic acids is 1. The van der Waals surface area contributed by atoms with Gasteiger partial charge in [-0.25, -0.2) is 13.1 Å². The van der Waals surface area contributed by atoms with Crippen LogP contribution in [0.2, 0.25) is 0 Å². The molecule has 33 heavy (non-hydrogen) atoms. The van der Waals surface area contributed by atoms with Crippen molar-refractivity contribution in [3.05, 3.63) is 114 Å². The van der Waals surface area contributed by atoms with Crippen molar-refractivity contribution in [3.8, 4) is 0 Å². The van der Waals surface area contributed by atoms with Crippen LogP contribution in [0.5, 0.6) is 0 Å². The highest BCUT2D eigenvalue weighted by molar-refractivity contribution is 7.89. The number of aryl methyl sites for hydroxylation is 1. The smallest absolute Gasteiger partial charge is 0.255 e. The summed E-state index contributed by atoms with van der Waals surface area (Å²) in [6.45, 7) is 2.45. The molecular formula is C25H24N4O3S. The number of anilines is 1. The molecule has 0 fully saturated rings. The van der Waals surface area contributed by atoms with E-state index in [-0.39, 0.29) is 17.0 Å². The lowest BCUT2D eigenvalue weighted by Gasteiger charge is -2.11. The maximum atomic E-state index is 12.9. The van der Waals surface area contributed by atoms with E-state index in [0.29, 0.717) is 17.8 Å². The third-order valence-corrected chi connectivity index (χ3v) is 6.67. The quantitative estimate of drug-likeness (QED) is 0.416. The molecule has 0 aliphatic carbocycles. The van der Waals surface area contributed by atoms with Crippen LogP contribution in [0.15, 0.2) is 96.2 Å². The van der Waals surface area contributed by atoms with Crippen molar-refractivity contribution in [1.82, 2.24) is 14.5 Å². The first kappa shape index (κ1) is 22.4. The van der Waals surface area contributed by atoms with Gasteiger partial charge in [0.1, 0.15) is 0 Å². The molecule has 0 spiro atoms. The van der Waals surface area contributed by atoms with Crippen molar-refractivity contribution in [2.24, 2.45) is 0 Å². The van der Waals surface area contributed by atoms with Crippen LogP contribution in [-0.4, -0.2) is 24.1 Å². The zero-order valence-corrected chi connectivity index (χ0v) is 18.9. The van der Waals surface area contributed by atoms with E-state index in [0.717, 1.165) is 11.1 Å². The second kappa shape index (κ2) is 9.81. The molecule has 7 nitrogen and oxygen atoms in total. The molecule has 0 atom stereocenters. The zero-order valence-electron chi connectivity index (χ0n) is 18.1. The Labute approximate surface area is 193 Å². The minimum atomic E-state index is -3.79. The number of rotatable bonds is 8. The van der Waals surface area contributed by atoms with E-state index in [1.807, 2.05) is 60.7 Å². The van der Waals surface area contributed by atoms with E-state index >= 15 is 0 Å². The van der Waals surface area contributed by atoms with Gasteiger partial charge in [-0.05, 0) is 35.7 Å². The predicted molar refractivity (Wildman–Crippen MR) is 127 cm³/mol. The molecule has 0 saturated heterocycles. The monoisotopic (exact) mass is 460 g/mol. The van der Waals surface area contributed by atoms with Gasteiger partial charge in [-0.15, -0.1) is 0 Å². The molecule has 1 amide bonds. The fraction of sp³-hybridized carbons (Fsp3) is 0.120. The lowest BCUT2D eigenvalue weighted by atomic mass is 10.1. The lowest BCUT2D eigenvalue weighted by Crippen LogP contribution is -2.24. The van der Waals surface area contributed by atoms with Gasteiger partial charge < -0.3 is 5.32 Å². The van der Waals surface area contributed by atoms with Crippen LogP contribution in [-0.2, 0) is 23.1 Å². The summed E-state index contributed by atoms with van der Waals surface area (Å²) < 4.78 is 30.1. The molecule has 4 rings (SSSR count). The molecule has 0 aliphatic rings. The Kier molecular flexibility index (Phi) is 6.67. The van der Waals surface area contributed by atoms with Crippen molar-refractivity contribution < 1.29 is 13.2 Å². The van der Waals surface area contributed by atoms with E-state index in [1.54, 1.807) is 36.1 Å². The molecule has 4 aromatic rings. The van der Waals surface area contributed by atoms with Crippen LogP contribution in [0.4, 0.5) is 5.69 Å². The molecule has 168 valence electrons. The van der Waals surface area contributed by atoms with Gasteiger partial charge >= 0.3 is 0 Å². The van der Waals surface area contributed by atoms with Crippen LogP contribution in [0.1, 0.15) is 27.0 Å². The number of nitrogens with one attached hydrogen (secondary N) is 2. The number of sulfonamides is 1. The Morgan fingerprint density at radius 2 is 1.61 bits per heavy atom. The summed E-state index contributed by atoms with van der Waals surface area (Å²) in [7, 11) is -3.79. The lowest BCUT2D eigenvalue weighted by molar-refractivity contribution is 0.102. The molecule has 3 aromatic carbocycles. The molecule has 1 aromatic heterocycles. The molecule has 0 bridgehead atoms. The molecule has 0 aliphatic heterocycles. The summed E-state index contributed by atoms with van der Waals surface area (Å²) in [4.78, 5) is 12.9. The minimum absolute atomic E-state index is 0.0749. The first-order valence-electron chi connectivity index (χ1n) is 10.4. The second-order valence-corrected chi connectivity index (χ2v) is 9.39. The average Bonchev–Trinajstić information content (AvgIpc) is 3.26.